The Morgan fingerprint density at radius 3 is 2.71 bits per heavy atom. The minimum atomic E-state index is -0.496. The van der Waals surface area contributed by atoms with Gasteiger partial charge >= 0.3 is 0 Å². The Bertz CT molecular complexity index is 594. The third-order valence-corrected chi connectivity index (χ3v) is 2.96. The molecule has 1 aromatic carbocycles. The summed E-state index contributed by atoms with van der Waals surface area (Å²) in [6.07, 6.45) is 1.97. The number of nitro benzene ring substituents is 1. The fourth-order valence-corrected chi connectivity index (χ4v) is 1.87. The highest BCUT2D eigenvalue weighted by Crippen LogP contribution is 2.26. The molecule has 0 aliphatic carbocycles. The number of nitrogens with zero attached hydrogens (tertiary/aromatic N) is 3. The maximum absolute atomic E-state index is 10.9. The second-order valence-corrected chi connectivity index (χ2v) is 3.92. The number of para-hydroxylation sites is 2. The van der Waals surface area contributed by atoms with Gasteiger partial charge in [0.2, 0.25) is 0 Å². The molecular weight excluding hydrogens is 290 g/mol. The summed E-state index contributed by atoms with van der Waals surface area (Å²) in [7, 11) is 0. The molecule has 6 nitrogen and oxygen atoms in total. The molecule has 0 saturated carbocycles. The lowest BCUT2D eigenvalue weighted by Crippen LogP contribution is -2.01. The number of hydrogen-bond donors (Lipinski definition) is 0. The Hall–Kier alpha value is -2.02. The molecular formula is C10H6BrN3O3. The summed E-state index contributed by atoms with van der Waals surface area (Å²) in [6, 6.07) is 6.17. The zero-order valence-electron chi connectivity index (χ0n) is 8.41. The molecule has 7 heteroatoms. The summed E-state index contributed by atoms with van der Waals surface area (Å²) in [5, 5.41) is 14.8. The fraction of sp³-hybridized carbons (Fsp3) is 0. The molecule has 0 aliphatic rings. The van der Waals surface area contributed by atoms with Crippen LogP contribution in [0.25, 0.3) is 5.69 Å². The lowest BCUT2D eigenvalue weighted by molar-refractivity contribution is -0.384. The number of carbonyl (C=O) groups excluding carboxylic acids is 1. The van der Waals surface area contributed by atoms with Gasteiger partial charge in [0.05, 0.1) is 16.7 Å². The number of halogens is 1. The van der Waals surface area contributed by atoms with E-state index in [2.05, 4.69) is 21.0 Å². The van der Waals surface area contributed by atoms with E-state index in [1.54, 1.807) is 18.2 Å². The van der Waals surface area contributed by atoms with Crippen LogP contribution in [-0.2, 0) is 0 Å². The monoisotopic (exact) mass is 295 g/mol. The standard InChI is InChI=1S/C10H6BrN3O3/c11-10-7(6-15)5-12-13(10)8-3-1-2-4-9(8)14(16)17/h1-6H. The van der Waals surface area contributed by atoms with Crippen molar-refractivity contribution in [3.05, 3.63) is 50.7 Å². The molecule has 0 saturated heterocycles. The molecule has 0 bridgehead atoms. The third kappa shape index (κ3) is 1.96. The first-order valence-corrected chi connectivity index (χ1v) is 5.37. The van der Waals surface area contributed by atoms with Crippen molar-refractivity contribution >= 4 is 27.9 Å². The molecule has 17 heavy (non-hydrogen) atoms. The van der Waals surface area contributed by atoms with Crippen LogP contribution in [0.4, 0.5) is 5.69 Å². The summed E-state index contributed by atoms with van der Waals surface area (Å²) in [4.78, 5) is 21.0. The first-order valence-electron chi connectivity index (χ1n) is 4.57. The Balaban J connectivity index is 2.64. The number of benzene rings is 1. The van der Waals surface area contributed by atoms with Gasteiger partial charge in [-0.05, 0) is 22.0 Å². The molecule has 0 N–H and O–H groups in total. The second kappa shape index (κ2) is 4.46. The molecule has 0 amide bonds. The van der Waals surface area contributed by atoms with Crippen molar-refractivity contribution in [1.82, 2.24) is 9.78 Å². The van der Waals surface area contributed by atoms with E-state index in [0.717, 1.165) is 0 Å². The average Bonchev–Trinajstić information content (AvgIpc) is 2.70. The van der Waals surface area contributed by atoms with E-state index >= 15 is 0 Å². The van der Waals surface area contributed by atoms with Crippen LogP contribution >= 0.6 is 15.9 Å². The van der Waals surface area contributed by atoms with Crippen LogP contribution in [0, 0.1) is 10.1 Å². The number of aromatic nitrogens is 2. The van der Waals surface area contributed by atoms with Crippen LogP contribution < -0.4 is 0 Å². The molecule has 0 fully saturated rings. The van der Waals surface area contributed by atoms with Crippen molar-refractivity contribution in [1.29, 1.82) is 0 Å². The maximum atomic E-state index is 10.9. The minimum absolute atomic E-state index is 0.0752. The molecule has 86 valence electrons. The predicted octanol–water partition coefficient (Wildman–Crippen LogP) is 2.36. The van der Waals surface area contributed by atoms with Crippen LogP contribution in [0.2, 0.25) is 0 Å². The summed E-state index contributed by atoms with van der Waals surface area (Å²) in [5.41, 5.74) is 0.564. The van der Waals surface area contributed by atoms with Crippen LogP contribution in [0.3, 0.4) is 0 Å². The number of rotatable bonds is 3. The number of aldehydes is 1. The van der Waals surface area contributed by atoms with Gasteiger partial charge in [0.25, 0.3) is 5.69 Å². The van der Waals surface area contributed by atoms with Crippen molar-refractivity contribution in [3.63, 3.8) is 0 Å². The van der Waals surface area contributed by atoms with Crippen LogP contribution in [0.15, 0.2) is 35.1 Å². The van der Waals surface area contributed by atoms with E-state index in [1.807, 2.05) is 0 Å². The molecule has 0 atom stereocenters. The zero-order valence-corrected chi connectivity index (χ0v) is 9.99. The van der Waals surface area contributed by atoms with Gasteiger partial charge in [-0.15, -0.1) is 0 Å². The fourth-order valence-electron chi connectivity index (χ4n) is 1.39. The third-order valence-electron chi connectivity index (χ3n) is 2.17. The van der Waals surface area contributed by atoms with E-state index in [9.17, 15) is 14.9 Å². The molecule has 0 radical (unpaired) electrons. The molecule has 1 aromatic heterocycles. The van der Waals surface area contributed by atoms with Gasteiger partial charge in [0.1, 0.15) is 10.3 Å². The molecule has 0 spiro atoms. The summed E-state index contributed by atoms with van der Waals surface area (Å²) < 4.78 is 1.70. The lowest BCUT2D eigenvalue weighted by atomic mass is 10.3. The van der Waals surface area contributed by atoms with Crippen molar-refractivity contribution in [3.8, 4) is 5.69 Å². The molecule has 1 heterocycles. The SMILES string of the molecule is O=Cc1cnn(-c2ccccc2[N+](=O)[O-])c1Br. The highest BCUT2D eigenvalue weighted by atomic mass is 79.9. The van der Waals surface area contributed by atoms with Gasteiger partial charge in [-0.2, -0.15) is 5.10 Å². The van der Waals surface area contributed by atoms with Crippen LogP contribution in [0.5, 0.6) is 0 Å². The van der Waals surface area contributed by atoms with Gasteiger partial charge in [-0.1, -0.05) is 12.1 Å². The average molecular weight is 296 g/mol. The second-order valence-electron chi connectivity index (χ2n) is 3.17. The van der Waals surface area contributed by atoms with E-state index < -0.39 is 4.92 Å². The van der Waals surface area contributed by atoms with Crippen LogP contribution in [0.1, 0.15) is 10.4 Å². The van der Waals surface area contributed by atoms with Crippen molar-refractivity contribution in [2.45, 2.75) is 0 Å². The summed E-state index contributed by atoms with van der Waals surface area (Å²) >= 11 is 3.18. The van der Waals surface area contributed by atoms with Crippen molar-refractivity contribution < 1.29 is 9.72 Å². The van der Waals surface area contributed by atoms with E-state index in [-0.39, 0.29) is 5.69 Å². The predicted molar refractivity (Wildman–Crippen MR) is 63.3 cm³/mol. The summed E-state index contributed by atoms with van der Waals surface area (Å²) in [6.45, 7) is 0. The Labute approximate surface area is 104 Å². The normalized spacial score (nSPS) is 10.2. The highest BCUT2D eigenvalue weighted by molar-refractivity contribution is 9.10. The van der Waals surface area contributed by atoms with E-state index in [4.69, 9.17) is 0 Å². The smallest absolute Gasteiger partial charge is 0.294 e. The maximum Gasteiger partial charge on any atom is 0.294 e. The Morgan fingerprint density at radius 1 is 1.41 bits per heavy atom. The molecule has 0 aliphatic heterocycles. The van der Waals surface area contributed by atoms with Gasteiger partial charge in [0, 0.05) is 6.07 Å². The van der Waals surface area contributed by atoms with Crippen LogP contribution in [-0.4, -0.2) is 21.0 Å². The Morgan fingerprint density at radius 2 is 2.12 bits per heavy atom. The van der Waals surface area contributed by atoms with Gasteiger partial charge < -0.3 is 0 Å². The van der Waals surface area contributed by atoms with Gasteiger partial charge in [-0.25, -0.2) is 4.68 Å². The number of nitro groups is 1. The highest BCUT2D eigenvalue weighted by Gasteiger charge is 2.18. The molecule has 0 unspecified atom stereocenters. The lowest BCUT2D eigenvalue weighted by Gasteiger charge is -2.03. The summed E-state index contributed by atoms with van der Waals surface area (Å²) in [5.74, 6) is 0. The zero-order chi connectivity index (χ0) is 12.4. The largest absolute Gasteiger partial charge is 0.298 e. The minimum Gasteiger partial charge on any atom is -0.298 e. The van der Waals surface area contributed by atoms with Crippen molar-refractivity contribution in [2.24, 2.45) is 0 Å². The quantitative estimate of drug-likeness (QED) is 0.495. The topological polar surface area (TPSA) is 78.0 Å². The molecule has 2 aromatic rings. The van der Waals surface area contributed by atoms with Gasteiger partial charge in [0.15, 0.2) is 6.29 Å². The number of hydrogen-bond acceptors (Lipinski definition) is 4. The van der Waals surface area contributed by atoms with E-state index in [0.29, 0.717) is 22.1 Å². The first kappa shape index (κ1) is 11.5. The number of carbonyl (C=O) groups is 1. The van der Waals surface area contributed by atoms with Gasteiger partial charge in [-0.3, -0.25) is 14.9 Å². The van der Waals surface area contributed by atoms with Crippen molar-refractivity contribution in [2.75, 3.05) is 0 Å². The molecule has 2 rings (SSSR count). The Kier molecular flexibility index (Phi) is 3.01. The van der Waals surface area contributed by atoms with E-state index in [1.165, 1.54) is 16.9 Å². The first-order chi connectivity index (χ1) is 8.15.